The third kappa shape index (κ3) is 3.29. The fraction of sp³-hybridized carbons (Fsp3) is 0.105. The molecule has 0 saturated carbocycles. The molecule has 2 heterocycles. The van der Waals surface area contributed by atoms with Crippen molar-refractivity contribution in [1.82, 2.24) is 9.13 Å². The minimum atomic E-state index is 0.0654. The second-order valence-corrected chi connectivity index (χ2v) is 11.9. The third-order valence-corrected chi connectivity index (χ3v) is 8.44. The Kier molecular flexibility index (Phi) is 4.82. The molecule has 0 atom stereocenters. The fourth-order valence-corrected chi connectivity index (χ4v) is 6.47. The van der Waals surface area contributed by atoms with Crippen LogP contribution >= 0.6 is 0 Å². The van der Waals surface area contributed by atoms with Crippen molar-refractivity contribution in [1.29, 1.82) is 0 Å². The Balaban J connectivity index is 1.61. The number of nitrogens with zero attached hydrogens (tertiary/aromatic N) is 2. The molecule has 0 spiro atoms. The minimum Gasteiger partial charge on any atom is -0.309 e. The highest BCUT2D eigenvalue weighted by atomic mass is 15.0. The van der Waals surface area contributed by atoms with Crippen molar-refractivity contribution in [3.05, 3.63) is 133 Å². The molecule has 0 aliphatic carbocycles. The molecule has 2 aromatic heterocycles. The quantitative estimate of drug-likeness (QED) is 0.217. The van der Waals surface area contributed by atoms with Gasteiger partial charge in [-0.15, -0.1) is 0 Å². The molecular weight excluding hydrogens is 484 g/mol. The van der Waals surface area contributed by atoms with Crippen LogP contribution in [0.4, 0.5) is 0 Å². The summed E-state index contributed by atoms with van der Waals surface area (Å²) in [7, 11) is 0. The molecule has 2 nitrogen and oxygen atoms in total. The lowest BCUT2D eigenvalue weighted by Gasteiger charge is -2.19. The predicted molar refractivity (Wildman–Crippen MR) is 171 cm³/mol. The van der Waals surface area contributed by atoms with Crippen LogP contribution in [0.3, 0.4) is 0 Å². The van der Waals surface area contributed by atoms with Crippen molar-refractivity contribution in [3.63, 3.8) is 0 Å². The molecule has 2 heteroatoms. The molecule has 0 radical (unpaired) electrons. The second kappa shape index (κ2) is 8.34. The van der Waals surface area contributed by atoms with E-state index in [0.717, 1.165) is 0 Å². The summed E-state index contributed by atoms with van der Waals surface area (Å²) in [5.41, 5.74) is 8.73. The molecule has 0 bridgehead atoms. The SMILES string of the molecule is CC(C)(C)c1ccc2c3cc4c(cc3n(-c3ccccc3)c2c1)c1c2ccccc2ccc1n4-c1ccccc1. The Hall–Kier alpha value is -4.82. The zero-order valence-electron chi connectivity index (χ0n) is 23.0. The molecule has 0 unspecified atom stereocenters. The van der Waals surface area contributed by atoms with Crippen LogP contribution in [0.2, 0.25) is 0 Å². The van der Waals surface area contributed by atoms with E-state index in [1.165, 1.54) is 71.3 Å². The van der Waals surface area contributed by atoms with E-state index >= 15 is 0 Å². The van der Waals surface area contributed by atoms with Gasteiger partial charge in [-0.3, -0.25) is 0 Å². The van der Waals surface area contributed by atoms with Gasteiger partial charge in [-0.25, -0.2) is 0 Å². The van der Waals surface area contributed by atoms with E-state index in [1.807, 2.05) is 0 Å². The van der Waals surface area contributed by atoms with Gasteiger partial charge in [0, 0.05) is 32.9 Å². The number of hydrogen-bond donors (Lipinski definition) is 0. The predicted octanol–water partition coefficient (Wildman–Crippen LogP) is 10.3. The van der Waals surface area contributed by atoms with Crippen molar-refractivity contribution in [3.8, 4) is 11.4 Å². The first-order valence-corrected chi connectivity index (χ1v) is 14.0. The highest BCUT2D eigenvalue weighted by molar-refractivity contribution is 6.25. The molecule has 8 aromatic rings. The van der Waals surface area contributed by atoms with Crippen LogP contribution in [0.5, 0.6) is 0 Å². The normalized spacial score (nSPS) is 12.4. The lowest BCUT2D eigenvalue weighted by molar-refractivity contribution is 0.591. The summed E-state index contributed by atoms with van der Waals surface area (Å²) in [4.78, 5) is 0. The Bertz CT molecular complexity index is 2220. The average molecular weight is 515 g/mol. The first-order chi connectivity index (χ1) is 19.5. The lowest BCUT2D eigenvalue weighted by atomic mass is 9.86. The summed E-state index contributed by atoms with van der Waals surface area (Å²) in [6, 6.07) is 46.7. The summed E-state index contributed by atoms with van der Waals surface area (Å²) in [5, 5.41) is 7.69. The third-order valence-electron chi connectivity index (χ3n) is 8.44. The summed E-state index contributed by atoms with van der Waals surface area (Å²) >= 11 is 0. The van der Waals surface area contributed by atoms with Gasteiger partial charge < -0.3 is 9.13 Å². The molecule has 40 heavy (non-hydrogen) atoms. The van der Waals surface area contributed by atoms with Gasteiger partial charge in [0.1, 0.15) is 0 Å². The van der Waals surface area contributed by atoms with Crippen LogP contribution in [0.15, 0.2) is 127 Å². The maximum absolute atomic E-state index is 2.45. The highest BCUT2D eigenvalue weighted by Crippen LogP contribution is 2.42. The van der Waals surface area contributed by atoms with Gasteiger partial charge in [-0.2, -0.15) is 0 Å². The van der Waals surface area contributed by atoms with Crippen molar-refractivity contribution in [2.75, 3.05) is 0 Å². The lowest BCUT2D eigenvalue weighted by Crippen LogP contribution is -2.10. The summed E-state index contributed by atoms with van der Waals surface area (Å²) in [5.74, 6) is 0. The maximum atomic E-state index is 2.45. The van der Waals surface area contributed by atoms with E-state index in [2.05, 4.69) is 157 Å². The summed E-state index contributed by atoms with van der Waals surface area (Å²) in [6.07, 6.45) is 0. The van der Waals surface area contributed by atoms with E-state index in [1.54, 1.807) is 0 Å². The van der Waals surface area contributed by atoms with Gasteiger partial charge in [0.25, 0.3) is 0 Å². The highest BCUT2D eigenvalue weighted by Gasteiger charge is 2.21. The number of para-hydroxylation sites is 2. The first kappa shape index (κ1) is 23.1. The maximum Gasteiger partial charge on any atom is 0.0549 e. The zero-order valence-corrected chi connectivity index (χ0v) is 23.0. The van der Waals surface area contributed by atoms with E-state index in [-0.39, 0.29) is 5.41 Å². The van der Waals surface area contributed by atoms with Crippen molar-refractivity contribution in [2.45, 2.75) is 26.2 Å². The van der Waals surface area contributed by atoms with Crippen molar-refractivity contribution in [2.24, 2.45) is 0 Å². The average Bonchev–Trinajstić information content (AvgIpc) is 3.48. The number of rotatable bonds is 2. The van der Waals surface area contributed by atoms with Crippen LogP contribution in [0, 0.1) is 0 Å². The van der Waals surface area contributed by atoms with Gasteiger partial charge >= 0.3 is 0 Å². The molecule has 0 N–H and O–H groups in total. The van der Waals surface area contributed by atoms with Crippen LogP contribution in [0.1, 0.15) is 26.3 Å². The van der Waals surface area contributed by atoms with Gasteiger partial charge in [-0.05, 0) is 70.3 Å². The molecule has 0 saturated heterocycles. The molecule has 0 fully saturated rings. The van der Waals surface area contributed by atoms with Crippen molar-refractivity contribution < 1.29 is 0 Å². The van der Waals surface area contributed by atoms with E-state index in [4.69, 9.17) is 0 Å². The van der Waals surface area contributed by atoms with Gasteiger partial charge in [0.2, 0.25) is 0 Å². The number of benzene rings is 6. The summed E-state index contributed by atoms with van der Waals surface area (Å²) < 4.78 is 4.89. The Morgan fingerprint density at radius 2 is 1.00 bits per heavy atom. The summed E-state index contributed by atoms with van der Waals surface area (Å²) in [6.45, 7) is 6.87. The number of hydrogen-bond acceptors (Lipinski definition) is 0. The molecule has 192 valence electrons. The molecule has 0 aliphatic heterocycles. The molecule has 0 aliphatic rings. The Labute approximate surface area is 233 Å². The monoisotopic (exact) mass is 514 g/mol. The topological polar surface area (TPSA) is 9.86 Å². The van der Waals surface area contributed by atoms with Gasteiger partial charge in [0.05, 0.1) is 22.1 Å². The molecule has 6 aromatic carbocycles. The Morgan fingerprint density at radius 3 is 1.70 bits per heavy atom. The largest absolute Gasteiger partial charge is 0.309 e. The molecule has 0 amide bonds. The Morgan fingerprint density at radius 1 is 0.425 bits per heavy atom. The first-order valence-electron chi connectivity index (χ1n) is 14.0. The van der Waals surface area contributed by atoms with E-state index in [0.29, 0.717) is 0 Å². The van der Waals surface area contributed by atoms with Gasteiger partial charge in [-0.1, -0.05) is 99.6 Å². The van der Waals surface area contributed by atoms with E-state index < -0.39 is 0 Å². The van der Waals surface area contributed by atoms with Crippen LogP contribution in [-0.4, -0.2) is 9.13 Å². The van der Waals surface area contributed by atoms with Crippen molar-refractivity contribution >= 4 is 54.4 Å². The smallest absolute Gasteiger partial charge is 0.0549 e. The van der Waals surface area contributed by atoms with Crippen LogP contribution in [-0.2, 0) is 5.41 Å². The van der Waals surface area contributed by atoms with E-state index in [9.17, 15) is 0 Å². The molecular formula is C38H30N2. The number of fused-ring (bicyclic) bond motifs is 8. The standard InChI is InChI=1S/C38H30N2/c1-38(2,3)26-19-20-30-31-23-36-32(24-35(31)40(34(30)22-26)28-15-8-5-9-16-28)37-29-17-11-10-12-25(29)18-21-33(37)39(36)27-13-6-4-7-14-27/h4-24H,1-3H3. The van der Waals surface area contributed by atoms with Crippen LogP contribution < -0.4 is 0 Å². The zero-order chi connectivity index (χ0) is 27.0. The second-order valence-electron chi connectivity index (χ2n) is 11.9. The van der Waals surface area contributed by atoms with Gasteiger partial charge in [0.15, 0.2) is 0 Å². The number of aromatic nitrogens is 2. The van der Waals surface area contributed by atoms with Crippen LogP contribution in [0.25, 0.3) is 65.8 Å². The fourth-order valence-electron chi connectivity index (χ4n) is 6.47. The molecule has 8 rings (SSSR count). The minimum absolute atomic E-state index is 0.0654.